The predicted octanol–water partition coefficient (Wildman–Crippen LogP) is 6.49. The number of unbranched alkanes of at least 4 members (excludes halogenated alkanes) is 12. The van der Waals surface area contributed by atoms with Gasteiger partial charge in [-0.1, -0.05) is 84.0 Å². The molecule has 0 saturated carbocycles. The first-order valence-corrected chi connectivity index (χ1v) is 20.4. The summed E-state index contributed by atoms with van der Waals surface area (Å²) in [6.07, 6.45) is 18.0. The van der Waals surface area contributed by atoms with Crippen molar-refractivity contribution in [2.75, 3.05) is 26.5 Å². The number of aliphatic hydroxyl groups excluding tert-OH is 2. The highest BCUT2D eigenvalue weighted by molar-refractivity contribution is 7.99. The van der Waals surface area contributed by atoms with Gasteiger partial charge in [0.1, 0.15) is 23.7 Å². The second-order valence-electron chi connectivity index (χ2n) is 13.7. The quantitative estimate of drug-likeness (QED) is 0.0507. The van der Waals surface area contributed by atoms with Crippen LogP contribution in [0.5, 0.6) is 0 Å². The van der Waals surface area contributed by atoms with Gasteiger partial charge in [-0.15, -0.1) is 23.4 Å². The van der Waals surface area contributed by atoms with E-state index < -0.39 is 47.2 Å². The third kappa shape index (κ3) is 16.3. The molecule has 2 heterocycles. The molecule has 4 N–H and O–H groups in total. The lowest BCUT2D eigenvalue weighted by Crippen LogP contribution is -2.65. The van der Waals surface area contributed by atoms with Gasteiger partial charge >= 0.3 is 5.97 Å². The predicted molar refractivity (Wildman–Crippen MR) is 192 cm³/mol. The van der Waals surface area contributed by atoms with Crippen LogP contribution in [-0.2, 0) is 23.8 Å². The van der Waals surface area contributed by atoms with E-state index in [1.165, 1.54) is 76.0 Å². The molecule has 11 heteroatoms. The van der Waals surface area contributed by atoms with Gasteiger partial charge in [0.15, 0.2) is 6.10 Å². The average Bonchev–Trinajstić information content (AvgIpc) is 3.30. The van der Waals surface area contributed by atoms with Crippen molar-refractivity contribution in [3.05, 3.63) is 0 Å². The van der Waals surface area contributed by atoms with Gasteiger partial charge in [-0.2, -0.15) is 0 Å². The van der Waals surface area contributed by atoms with Crippen molar-refractivity contribution >= 4 is 35.2 Å². The molecule has 2 fully saturated rings. The number of carbonyl (C=O) groups excluding carboxylic acids is 2. The molecule has 9 atom stereocenters. The first kappa shape index (κ1) is 42.5. The van der Waals surface area contributed by atoms with Crippen LogP contribution in [0.1, 0.15) is 136 Å². The Labute approximate surface area is 294 Å². The zero-order valence-electron chi connectivity index (χ0n) is 29.8. The monoisotopic (exact) mass is 706 g/mol. The third-order valence-electron chi connectivity index (χ3n) is 9.81. The summed E-state index contributed by atoms with van der Waals surface area (Å²) in [5.74, 6) is -0.0540. The number of alkyl halides is 1. The lowest BCUT2D eigenvalue weighted by molar-refractivity contribution is -0.218. The van der Waals surface area contributed by atoms with E-state index in [2.05, 4.69) is 17.6 Å². The van der Waals surface area contributed by atoms with Crippen molar-refractivity contribution in [1.82, 2.24) is 10.6 Å². The maximum atomic E-state index is 13.4. The molecule has 0 aromatic rings. The van der Waals surface area contributed by atoms with E-state index in [9.17, 15) is 19.8 Å². The second-order valence-corrected chi connectivity index (χ2v) is 15.3. The number of rotatable bonds is 24. The van der Waals surface area contributed by atoms with Crippen LogP contribution >= 0.6 is 23.4 Å². The van der Waals surface area contributed by atoms with Gasteiger partial charge in [0, 0.05) is 20.1 Å². The van der Waals surface area contributed by atoms with Gasteiger partial charge in [-0.25, -0.2) is 0 Å². The van der Waals surface area contributed by atoms with E-state index in [0.29, 0.717) is 12.3 Å². The summed E-state index contributed by atoms with van der Waals surface area (Å²) in [4.78, 5) is 26.1. The average molecular weight is 707 g/mol. The molecule has 2 aliphatic rings. The number of halogens is 1. The summed E-state index contributed by atoms with van der Waals surface area (Å²) < 4.78 is 17.1. The van der Waals surface area contributed by atoms with E-state index in [1.54, 1.807) is 20.3 Å². The van der Waals surface area contributed by atoms with Crippen LogP contribution in [0, 0.1) is 5.92 Å². The summed E-state index contributed by atoms with van der Waals surface area (Å²) >= 11 is 7.84. The summed E-state index contributed by atoms with van der Waals surface area (Å²) in [6.45, 7) is 5.48. The van der Waals surface area contributed by atoms with E-state index in [-0.39, 0.29) is 18.4 Å². The first-order valence-electron chi connectivity index (χ1n) is 18.6. The molecule has 276 valence electrons. The van der Waals surface area contributed by atoms with Crippen LogP contribution in [-0.4, -0.2) is 95.9 Å². The molecule has 0 radical (unpaired) electrons. The first-order chi connectivity index (χ1) is 22.7. The van der Waals surface area contributed by atoms with Crippen LogP contribution in [0.25, 0.3) is 0 Å². The number of carbonyl (C=O) groups is 2. The number of thioether (sulfide) groups is 1. The SMILES string of the molecule is CCCCCCCCCCCCCCCC(=O)OC1C(SC)OC(C(NC(=O)C2CCC(CCCOC)CCN2)C(C)Cl)C(O)C1O. The maximum absolute atomic E-state index is 13.4. The molecule has 2 saturated heterocycles. The number of ether oxygens (including phenoxy) is 3. The summed E-state index contributed by atoms with van der Waals surface area (Å²) in [5, 5.41) is 28.0. The fourth-order valence-electron chi connectivity index (χ4n) is 6.83. The highest BCUT2D eigenvalue weighted by Gasteiger charge is 2.50. The van der Waals surface area contributed by atoms with Crippen molar-refractivity contribution in [2.24, 2.45) is 5.92 Å². The Hall–Kier alpha value is -0.620. The van der Waals surface area contributed by atoms with E-state index in [1.807, 2.05) is 0 Å². The summed E-state index contributed by atoms with van der Waals surface area (Å²) in [6, 6.07) is -1.13. The van der Waals surface area contributed by atoms with Gasteiger partial charge in [0.2, 0.25) is 5.91 Å². The highest BCUT2D eigenvalue weighted by Crippen LogP contribution is 2.33. The number of hydrogen-bond donors (Lipinski definition) is 4. The fraction of sp³-hybridized carbons (Fsp3) is 0.944. The number of esters is 1. The normalized spacial score (nSPS) is 27.9. The molecule has 47 heavy (non-hydrogen) atoms. The second kappa shape index (κ2) is 25.3. The lowest BCUT2D eigenvalue weighted by atomic mass is 9.92. The van der Waals surface area contributed by atoms with Gasteiger partial charge in [0.25, 0.3) is 0 Å². The molecule has 9 unspecified atom stereocenters. The zero-order valence-corrected chi connectivity index (χ0v) is 31.3. The van der Waals surface area contributed by atoms with Crippen molar-refractivity contribution in [2.45, 2.75) is 183 Å². The molecular weight excluding hydrogens is 640 g/mol. The summed E-state index contributed by atoms with van der Waals surface area (Å²) in [5.41, 5.74) is -0.715. The molecule has 0 aromatic carbocycles. The van der Waals surface area contributed by atoms with Crippen molar-refractivity contribution in [1.29, 1.82) is 0 Å². The van der Waals surface area contributed by atoms with Gasteiger partial charge < -0.3 is 35.1 Å². The van der Waals surface area contributed by atoms with E-state index in [0.717, 1.165) is 58.1 Å². The molecule has 2 aliphatic heterocycles. The minimum Gasteiger partial charge on any atom is -0.456 e. The zero-order chi connectivity index (χ0) is 34.4. The van der Waals surface area contributed by atoms with Crippen LogP contribution in [0.15, 0.2) is 0 Å². The molecule has 0 aliphatic carbocycles. The Bertz CT molecular complexity index is 839. The van der Waals surface area contributed by atoms with Crippen molar-refractivity contribution < 1.29 is 34.0 Å². The Balaban J connectivity index is 1.76. The smallest absolute Gasteiger partial charge is 0.306 e. The molecule has 0 aromatic heterocycles. The third-order valence-corrected chi connectivity index (χ3v) is 10.9. The molecule has 2 rings (SSSR count). The molecule has 0 spiro atoms. The fourth-order valence-corrected chi connectivity index (χ4v) is 7.77. The van der Waals surface area contributed by atoms with E-state index in [4.69, 9.17) is 25.8 Å². The van der Waals surface area contributed by atoms with Crippen LogP contribution < -0.4 is 10.6 Å². The highest BCUT2D eigenvalue weighted by atomic mass is 35.5. The number of aliphatic hydroxyl groups is 2. The topological polar surface area (TPSA) is 126 Å². The largest absolute Gasteiger partial charge is 0.456 e. The van der Waals surface area contributed by atoms with Crippen LogP contribution in [0.3, 0.4) is 0 Å². The molecule has 9 nitrogen and oxygen atoms in total. The maximum Gasteiger partial charge on any atom is 0.306 e. The minimum absolute atomic E-state index is 0.197. The Morgan fingerprint density at radius 2 is 1.55 bits per heavy atom. The Morgan fingerprint density at radius 3 is 2.13 bits per heavy atom. The Kier molecular flexibility index (Phi) is 22.9. The molecule has 1 amide bonds. The van der Waals surface area contributed by atoms with Gasteiger partial charge in [-0.3, -0.25) is 9.59 Å². The number of hydrogen-bond acceptors (Lipinski definition) is 9. The molecular formula is C36H67ClN2O7S. The number of amides is 1. The van der Waals surface area contributed by atoms with Crippen molar-refractivity contribution in [3.8, 4) is 0 Å². The van der Waals surface area contributed by atoms with Crippen LogP contribution in [0.2, 0.25) is 0 Å². The van der Waals surface area contributed by atoms with Gasteiger partial charge in [-0.05, 0) is 64.2 Å². The van der Waals surface area contributed by atoms with Crippen molar-refractivity contribution in [3.63, 3.8) is 0 Å². The lowest BCUT2D eigenvalue weighted by Gasteiger charge is -2.45. The number of methoxy groups -OCH3 is 1. The van der Waals surface area contributed by atoms with Gasteiger partial charge in [0.05, 0.1) is 17.5 Å². The summed E-state index contributed by atoms with van der Waals surface area (Å²) in [7, 11) is 1.71. The molecule has 0 bridgehead atoms. The van der Waals surface area contributed by atoms with E-state index >= 15 is 0 Å². The number of nitrogens with one attached hydrogen (secondary N) is 2. The van der Waals surface area contributed by atoms with Crippen LogP contribution in [0.4, 0.5) is 0 Å². The standard InChI is InChI=1S/C36H67ClN2O7S/c1-5-6-7-8-9-10-11-12-13-14-15-16-17-20-29(40)45-34-32(42)31(41)33(46-36(34)47-4)30(26(2)37)39-35(43)28-22-21-27(23-24-38-28)19-18-25-44-3/h26-28,30-34,36,38,41-42H,5-25H2,1-4H3,(H,39,43). The Morgan fingerprint density at radius 1 is 0.936 bits per heavy atom. The minimum atomic E-state index is -1.40.